The number of carbonyl (C=O) groups excluding carboxylic acids is 1. The topological polar surface area (TPSA) is 99.4 Å². The molecule has 0 bridgehead atoms. The van der Waals surface area contributed by atoms with Crippen LogP contribution in [-0.2, 0) is 9.53 Å². The van der Waals surface area contributed by atoms with E-state index in [9.17, 15) is 14.7 Å². The number of benzene rings is 2. The third-order valence-electron chi connectivity index (χ3n) is 5.67. The van der Waals surface area contributed by atoms with Crippen molar-refractivity contribution >= 4 is 46.0 Å². The summed E-state index contributed by atoms with van der Waals surface area (Å²) in [5, 5.41) is 10.3. The van der Waals surface area contributed by atoms with Crippen LogP contribution in [0.15, 0.2) is 57.5 Å². The molecule has 0 saturated heterocycles. The maximum atomic E-state index is 13.8. The first-order valence-electron chi connectivity index (χ1n) is 11.9. The van der Waals surface area contributed by atoms with Crippen LogP contribution in [0.25, 0.3) is 6.08 Å². The van der Waals surface area contributed by atoms with Gasteiger partial charge in [-0.05, 0) is 91.8 Å². The van der Waals surface area contributed by atoms with Gasteiger partial charge in [-0.2, -0.15) is 0 Å². The van der Waals surface area contributed by atoms with Crippen LogP contribution >= 0.6 is 33.9 Å². The summed E-state index contributed by atoms with van der Waals surface area (Å²) in [4.78, 5) is 31.9. The zero-order valence-electron chi connectivity index (χ0n) is 20.9. The van der Waals surface area contributed by atoms with E-state index in [0.717, 1.165) is 5.56 Å². The summed E-state index contributed by atoms with van der Waals surface area (Å²) in [5.74, 6) is 0.600. The molecule has 1 atom stereocenters. The average molecular weight is 634 g/mol. The number of fused-ring (bicyclic) bond motifs is 1. The third kappa shape index (κ3) is 5.45. The molecule has 0 unspecified atom stereocenters. The summed E-state index contributed by atoms with van der Waals surface area (Å²) in [6.45, 7) is 8.37. The Kier molecular flexibility index (Phi) is 8.38. The molecular formula is C27H27IN2O6S. The first-order chi connectivity index (χ1) is 17.8. The molecule has 37 heavy (non-hydrogen) atoms. The molecule has 1 aliphatic rings. The molecule has 0 spiro atoms. The highest BCUT2D eigenvalue weighted by molar-refractivity contribution is 14.1. The van der Waals surface area contributed by atoms with E-state index >= 15 is 0 Å². The number of halogens is 1. The predicted molar refractivity (Wildman–Crippen MR) is 150 cm³/mol. The van der Waals surface area contributed by atoms with Crippen molar-refractivity contribution in [3.05, 3.63) is 82.1 Å². The highest BCUT2D eigenvalue weighted by Crippen LogP contribution is 2.34. The van der Waals surface area contributed by atoms with Gasteiger partial charge in [0.25, 0.3) is 5.56 Å². The largest absolute Gasteiger partial charge is 0.504 e. The first-order valence-corrected chi connectivity index (χ1v) is 13.8. The maximum absolute atomic E-state index is 13.8. The number of phenols is 1. The fourth-order valence-corrected chi connectivity index (χ4v) is 5.79. The number of nitrogens with zero attached hydrogens (tertiary/aromatic N) is 2. The number of aromatic hydroxyl groups is 1. The first kappa shape index (κ1) is 26.9. The van der Waals surface area contributed by atoms with Crippen molar-refractivity contribution in [1.29, 1.82) is 0 Å². The van der Waals surface area contributed by atoms with Crippen LogP contribution in [0.1, 0.15) is 44.9 Å². The number of ether oxygens (including phenoxy) is 3. The van der Waals surface area contributed by atoms with Gasteiger partial charge in [-0.25, -0.2) is 9.79 Å². The second kappa shape index (κ2) is 11.5. The molecule has 8 nitrogen and oxygen atoms in total. The molecular weight excluding hydrogens is 607 g/mol. The predicted octanol–water partition coefficient (Wildman–Crippen LogP) is 3.91. The summed E-state index contributed by atoms with van der Waals surface area (Å²) in [5.41, 5.74) is 1.99. The normalized spacial score (nSPS) is 15.3. The lowest BCUT2D eigenvalue weighted by atomic mass is 9.96. The summed E-state index contributed by atoms with van der Waals surface area (Å²) in [7, 11) is 0. The Labute approximate surface area is 231 Å². The van der Waals surface area contributed by atoms with E-state index in [0.29, 0.717) is 54.5 Å². The van der Waals surface area contributed by atoms with Crippen LogP contribution in [-0.4, -0.2) is 35.5 Å². The van der Waals surface area contributed by atoms with Gasteiger partial charge >= 0.3 is 5.97 Å². The Bertz CT molecular complexity index is 1540. The fourth-order valence-electron chi connectivity index (χ4n) is 4.11. The van der Waals surface area contributed by atoms with E-state index in [2.05, 4.69) is 4.99 Å². The monoisotopic (exact) mass is 634 g/mol. The van der Waals surface area contributed by atoms with E-state index in [-0.39, 0.29) is 17.9 Å². The number of allylic oxidation sites excluding steroid dienone is 1. The highest BCUT2D eigenvalue weighted by atomic mass is 127. The van der Waals surface area contributed by atoms with Gasteiger partial charge in [-0.1, -0.05) is 23.5 Å². The van der Waals surface area contributed by atoms with Gasteiger partial charge in [0.2, 0.25) is 0 Å². The van der Waals surface area contributed by atoms with Gasteiger partial charge in [0, 0.05) is 0 Å². The van der Waals surface area contributed by atoms with Crippen molar-refractivity contribution in [2.45, 2.75) is 33.7 Å². The van der Waals surface area contributed by atoms with Crippen LogP contribution < -0.4 is 24.4 Å². The van der Waals surface area contributed by atoms with Crippen LogP contribution in [0.5, 0.6) is 17.2 Å². The molecule has 0 saturated carbocycles. The molecule has 0 fully saturated rings. The summed E-state index contributed by atoms with van der Waals surface area (Å²) in [6.07, 6.45) is 1.74. The smallest absolute Gasteiger partial charge is 0.338 e. The van der Waals surface area contributed by atoms with Crippen LogP contribution in [0.4, 0.5) is 0 Å². The zero-order chi connectivity index (χ0) is 26.7. The van der Waals surface area contributed by atoms with Crippen molar-refractivity contribution < 1.29 is 24.1 Å². The SMILES string of the molecule is CCOC(=O)C1=C(C)N=c2s/c(=C\c3cc(I)c(O)c(OCC)c3)c(=O)n2[C@H]1c1ccc(OCC)cc1. The molecule has 3 aromatic rings. The summed E-state index contributed by atoms with van der Waals surface area (Å²) >= 11 is 3.26. The van der Waals surface area contributed by atoms with E-state index in [4.69, 9.17) is 14.2 Å². The quantitative estimate of drug-likeness (QED) is 0.298. The Morgan fingerprint density at radius 3 is 2.49 bits per heavy atom. The number of hydrogen-bond donors (Lipinski definition) is 1. The van der Waals surface area contributed by atoms with Gasteiger partial charge in [-0.3, -0.25) is 9.36 Å². The number of phenolic OH excluding ortho intramolecular Hbond substituents is 1. The van der Waals surface area contributed by atoms with Crippen LogP contribution in [0.3, 0.4) is 0 Å². The molecule has 10 heteroatoms. The Morgan fingerprint density at radius 2 is 1.84 bits per heavy atom. The third-order valence-corrected chi connectivity index (χ3v) is 7.48. The molecule has 0 aliphatic carbocycles. The molecule has 1 aliphatic heterocycles. The minimum absolute atomic E-state index is 0.0614. The van der Waals surface area contributed by atoms with E-state index < -0.39 is 12.0 Å². The molecule has 0 amide bonds. The van der Waals surface area contributed by atoms with Crippen LogP contribution in [0.2, 0.25) is 0 Å². The van der Waals surface area contributed by atoms with Gasteiger partial charge in [-0.15, -0.1) is 0 Å². The van der Waals surface area contributed by atoms with Crippen molar-refractivity contribution in [2.75, 3.05) is 19.8 Å². The Morgan fingerprint density at radius 1 is 1.14 bits per heavy atom. The number of carbonyl (C=O) groups is 1. The zero-order valence-corrected chi connectivity index (χ0v) is 23.9. The molecule has 194 valence electrons. The standard InChI is InChI=1S/C27H27IN2O6S/c1-5-34-18-10-8-17(9-11-18)23-22(26(33)36-7-3)15(4)29-27-30(23)25(32)21(37-27)14-16-12-19(28)24(31)20(13-16)35-6-2/h8-14,23,31H,5-7H2,1-4H3/b21-14-/t23-/m0/s1. The fraction of sp³-hybridized carbons (Fsp3) is 0.296. The lowest BCUT2D eigenvalue weighted by Gasteiger charge is -2.24. The minimum atomic E-state index is -0.702. The number of thiazole rings is 1. The Hall–Kier alpha value is -3.12. The number of rotatable bonds is 8. The molecule has 1 N–H and O–H groups in total. The summed E-state index contributed by atoms with van der Waals surface area (Å²) in [6, 6.07) is 10.1. The summed E-state index contributed by atoms with van der Waals surface area (Å²) < 4.78 is 19.0. The van der Waals surface area contributed by atoms with Gasteiger partial charge in [0.15, 0.2) is 16.3 Å². The van der Waals surface area contributed by atoms with Crippen molar-refractivity contribution in [3.63, 3.8) is 0 Å². The van der Waals surface area contributed by atoms with Gasteiger partial charge < -0.3 is 19.3 Å². The maximum Gasteiger partial charge on any atom is 0.338 e. The number of hydrogen-bond acceptors (Lipinski definition) is 8. The lowest BCUT2D eigenvalue weighted by Crippen LogP contribution is -2.39. The number of aromatic nitrogens is 1. The second-order valence-corrected chi connectivity index (χ2v) is 10.3. The van der Waals surface area contributed by atoms with E-state index in [1.807, 2.05) is 60.7 Å². The number of esters is 1. The lowest BCUT2D eigenvalue weighted by molar-refractivity contribution is -0.139. The average Bonchev–Trinajstić information content (AvgIpc) is 3.16. The molecule has 0 radical (unpaired) electrons. The van der Waals surface area contributed by atoms with Crippen LogP contribution in [0, 0.1) is 3.57 Å². The molecule has 4 rings (SSSR count). The van der Waals surface area contributed by atoms with Crippen molar-refractivity contribution in [3.8, 4) is 17.2 Å². The van der Waals surface area contributed by atoms with Crippen molar-refractivity contribution in [1.82, 2.24) is 4.57 Å². The molecule has 2 heterocycles. The Balaban J connectivity index is 1.91. The minimum Gasteiger partial charge on any atom is -0.504 e. The molecule has 2 aromatic carbocycles. The molecule has 1 aromatic heterocycles. The van der Waals surface area contributed by atoms with Crippen molar-refractivity contribution in [2.24, 2.45) is 4.99 Å². The highest BCUT2D eigenvalue weighted by Gasteiger charge is 2.33. The van der Waals surface area contributed by atoms with Gasteiger partial charge in [0.05, 0.1) is 45.2 Å². The van der Waals surface area contributed by atoms with E-state index in [1.165, 1.54) is 11.3 Å². The van der Waals surface area contributed by atoms with E-state index in [1.54, 1.807) is 36.6 Å². The second-order valence-electron chi connectivity index (χ2n) is 8.09. The van der Waals surface area contributed by atoms with Gasteiger partial charge in [0.1, 0.15) is 5.75 Å².